The van der Waals surface area contributed by atoms with E-state index >= 15 is 0 Å². The Balaban J connectivity index is 1.43. The summed E-state index contributed by atoms with van der Waals surface area (Å²) in [7, 11) is -2.96. The molecule has 1 N–H and O–H groups in total. The highest BCUT2D eigenvalue weighted by Crippen LogP contribution is 2.33. The molecule has 5 nitrogen and oxygen atoms in total. The minimum Gasteiger partial charge on any atom is -0.457 e. The minimum atomic E-state index is -2.96. The largest absolute Gasteiger partial charge is 0.457 e. The van der Waals surface area contributed by atoms with Gasteiger partial charge in [-0.25, -0.2) is 8.42 Å². The van der Waals surface area contributed by atoms with Crippen molar-refractivity contribution in [3.8, 4) is 11.5 Å². The Bertz CT molecular complexity index is 1130. The number of anilines is 1. The van der Waals surface area contributed by atoms with Gasteiger partial charge in [-0.05, 0) is 55.0 Å². The van der Waals surface area contributed by atoms with Gasteiger partial charge in [-0.2, -0.15) is 0 Å². The number of rotatable bonds is 6. The summed E-state index contributed by atoms with van der Waals surface area (Å²) in [6, 6.07) is 23.9. The number of hydrogen-bond donors (Lipinski definition) is 1. The summed E-state index contributed by atoms with van der Waals surface area (Å²) >= 11 is 1.46. The molecule has 3 aromatic rings. The van der Waals surface area contributed by atoms with Crippen LogP contribution < -0.4 is 10.1 Å². The van der Waals surface area contributed by atoms with Gasteiger partial charge in [0, 0.05) is 15.8 Å². The lowest BCUT2D eigenvalue weighted by atomic mass is 10.2. The predicted octanol–water partition coefficient (Wildman–Crippen LogP) is 5.01. The van der Waals surface area contributed by atoms with Crippen LogP contribution >= 0.6 is 11.8 Å². The molecular formula is C23H21NO4S2. The first kappa shape index (κ1) is 20.5. The Kier molecular flexibility index (Phi) is 6.11. The van der Waals surface area contributed by atoms with Gasteiger partial charge in [0.2, 0.25) is 0 Å². The van der Waals surface area contributed by atoms with Crippen molar-refractivity contribution >= 4 is 33.2 Å². The fourth-order valence-electron chi connectivity index (χ4n) is 3.22. The van der Waals surface area contributed by atoms with Gasteiger partial charge in [-0.3, -0.25) is 4.79 Å². The minimum absolute atomic E-state index is 0.0154. The number of carbonyl (C=O) groups excluding carboxylic acids is 1. The zero-order valence-electron chi connectivity index (χ0n) is 16.2. The van der Waals surface area contributed by atoms with Crippen LogP contribution in [0.3, 0.4) is 0 Å². The van der Waals surface area contributed by atoms with E-state index in [2.05, 4.69) is 5.32 Å². The van der Waals surface area contributed by atoms with Crippen LogP contribution in [-0.2, 0) is 9.84 Å². The third-order valence-corrected chi connectivity index (χ3v) is 8.03. The van der Waals surface area contributed by atoms with Crippen LogP contribution in [0.2, 0.25) is 0 Å². The average Bonchev–Trinajstić information content (AvgIpc) is 3.09. The van der Waals surface area contributed by atoms with Crippen molar-refractivity contribution in [3.05, 3.63) is 84.4 Å². The van der Waals surface area contributed by atoms with Crippen molar-refractivity contribution in [2.24, 2.45) is 0 Å². The Hall–Kier alpha value is -2.77. The van der Waals surface area contributed by atoms with Crippen LogP contribution in [0.5, 0.6) is 11.5 Å². The number of nitrogens with one attached hydrogen (secondary N) is 1. The maximum atomic E-state index is 12.8. The topological polar surface area (TPSA) is 72.5 Å². The second kappa shape index (κ2) is 8.93. The zero-order chi connectivity index (χ0) is 21.0. The summed E-state index contributed by atoms with van der Waals surface area (Å²) in [5.74, 6) is 1.58. The fourth-order valence-corrected chi connectivity index (χ4v) is 6.85. The molecule has 1 heterocycles. The molecule has 0 unspecified atom stereocenters. The number of thioether (sulfide) groups is 1. The molecule has 0 aliphatic carbocycles. The van der Waals surface area contributed by atoms with Gasteiger partial charge in [0.25, 0.3) is 5.91 Å². The summed E-state index contributed by atoms with van der Waals surface area (Å²) in [5, 5.41) is 2.89. The van der Waals surface area contributed by atoms with Crippen molar-refractivity contribution in [2.75, 3.05) is 16.8 Å². The van der Waals surface area contributed by atoms with E-state index in [0.717, 1.165) is 10.6 Å². The number of benzene rings is 3. The quantitative estimate of drug-likeness (QED) is 0.584. The molecule has 3 aromatic carbocycles. The van der Waals surface area contributed by atoms with Crippen molar-refractivity contribution in [1.82, 2.24) is 0 Å². The first-order chi connectivity index (χ1) is 14.5. The molecule has 1 aliphatic heterocycles. The standard InChI is InChI=1S/C23H21NO4S2/c25-23(21-8-4-5-9-22(21)29-20-14-15-30(26,27)16-20)24-17-10-12-19(13-11-17)28-18-6-2-1-3-7-18/h1-13,20H,14-16H2,(H,24,25)/t20-/m1/s1. The SMILES string of the molecule is O=C(Nc1ccc(Oc2ccccc2)cc1)c1ccccc1S[C@@H]1CCS(=O)(=O)C1. The molecule has 1 fully saturated rings. The highest BCUT2D eigenvalue weighted by atomic mass is 32.2. The van der Waals surface area contributed by atoms with Crippen LogP contribution in [0.1, 0.15) is 16.8 Å². The molecular weight excluding hydrogens is 418 g/mol. The first-order valence-corrected chi connectivity index (χ1v) is 12.3. The smallest absolute Gasteiger partial charge is 0.256 e. The third-order valence-electron chi connectivity index (χ3n) is 4.71. The predicted molar refractivity (Wildman–Crippen MR) is 120 cm³/mol. The highest BCUT2D eigenvalue weighted by Gasteiger charge is 2.29. The molecule has 7 heteroatoms. The Labute approximate surface area is 180 Å². The van der Waals surface area contributed by atoms with Gasteiger partial charge in [0.05, 0.1) is 17.1 Å². The molecule has 30 heavy (non-hydrogen) atoms. The lowest BCUT2D eigenvalue weighted by Gasteiger charge is -2.13. The highest BCUT2D eigenvalue weighted by molar-refractivity contribution is 8.02. The molecule has 0 radical (unpaired) electrons. The van der Waals surface area contributed by atoms with Gasteiger partial charge in [-0.15, -0.1) is 11.8 Å². The van der Waals surface area contributed by atoms with E-state index < -0.39 is 9.84 Å². The lowest BCUT2D eigenvalue weighted by molar-refractivity contribution is 0.102. The van der Waals surface area contributed by atoms with E-state index in [1.54, 1.807) is 36.4 Å². The lowest BCUT2D eigenvalue weighted by Crippen LogP contribution is -2.14. The van der Waals surface area contributed by atoms with Gasteiger partial charge in [0.1, 0.15) is 11.5 Å². The maximum Gasteiger partial charge on any atom is 0.256 e. The number of hydrogen-bond acceptors (Lipinski definition) is 5. The molecule has 0 aromatic heterocycles. The second-order valence-corrected chi connectivity index (χ2v) is 10.6. The summed E-state index contributed by atoms with van der Waals surface area (Å²) in [5.41, 5.74) is 1.19. The summed E-state index contributed by atoms with van der Waals surface area (Å²) in [4.78, 5) is 13.6. The Morgan fingerprint density at radius 1 is 0.900 bits per heavy atom. The number of carbonyl (C=O) groups is 1. The number of sulfone groups is 1. The second-order valence-electron chi connectivity index (χ2n) is 7.03. The first-order valence-electron chi connectivity index (χ1n) is 9.59. The van der Waals surface area contributed by atoms with Crippen LogP contribution in [0.15, 0.2) is 83.8 Å². The Morgan fingerprint density at radius 2 is 1.57 bits per heavy atom. The number of ether oxygens (including phenoxy) is 1. The fraction of sp³-hybridized carbons (Fsp3) is 0.174. The normalized spacial score (nSPS) is 17.4. The van der Waals surface area contributed by atoms with Gasteiger partial charge < -0.3 is 10.1 Å². The van der Waals surface area contributed by atoms with Gasteiger partial charge in [-0.1, -0.05) is 30.3 Å². The van der Waals surface area contributed by atoms with Crippen molar-refractivity contribution in [1.29, 1.82) is 0 Å². The molecule has 1 amide bonds. The number of para-hydroxylation sites is 1. The molecule has 0 spiro atoms. The van der Waals surface area contributed by atoms with Crippen molar-refractivity contribution < 1.29 is 17.9 Å². The van der Waals surface area contributed by atoms with E-state index in [4.69, 9.17) is 4.74 Å². The summed E-state index contributed by atoms with van der Waals surface area (Å²) < 4.78 is 29.2. The van der Waals surface area contributed by atoms with Crippen LogP contribution in [0.25, 0.3) is 0 Å². The monoisotopic (exact) mass is 439 g/mol. The van der Waals surface area contributed by atoms with Crippen LogP contribution in [0.4, 0.5) is 5.69 Å². The molecule has 1 saturated heterocycles. The Morgan fingerprint density at radius 3 is 2.27 bits per heavy atom. The summed E-state index contributed by atoms with van der Waals surface area (Å²) in [6.45, 7) is 0. The third kappa shape index (κ3) is 5.23. The molecule has 0 bridgehead atoms. The van der Waals surface area contributed by atoms with Crippen molar-refractivity contribution in [3.63, 3.8) is 0 Å². The maximum absolute atomic E-state index is 12.8. The summed E-state index contributed by atoms with van der Waals surface area (Å²) in [6.07, 6.45) is 0.617. The van der Waals surface area contributed by atoms with E-state index in [0.29, 0.717) is 23.4 Å². The molecule has 1 aliphatic rings. The van der Waals surface area contributed by atoms with Gasteiger partial charge >= 0.3 is 0 Å². The van der Waals surface area contributed by atoms with Gasteiger partial charge in [0.15, 0.2) is 9.84 Å². The van der Waals surface area contributed by atoms with Crippen LogP contribution in [0, 0.1) is 0 Å². The molecule has 154 valence electrons. The number of amides is 1. The van der Waals surface area contributed by atoms with E-state index in [1.807, 2.05) is 42.5 Å². The van der Waals surface area contributed by atoms with Crippen molar-refractivity contribution in [2.45, 2.75) is 16.6 Å². The average molecular weight is 440 g/mol. The molecule has 4 rings (SSSR count). The van der Waals surface area contributed by atoms with E-state index in [-0.39, 0.29) is 22.7 Å². The van der Waals surface area contributed by atoms with Crippen LogP contribution in [-0.4, -0.2) is 31.1 Å². The zero-order valence-corrected chi connectivity index (χ0v) is 17.8. The van der Waals surface area contributed by atoms with E-state index in [9.17, 15) is 13.2 Å². The molecule has 0 saturated carbocycles. The van der Waals surface area contributed by atoms with E-state index in [1.165, 1.54) is 11.8 Å². The molecule has 1 atom stereocenters.